The lowest BCUT2D eigenvalue weighted by atomic mass is 10.3. The molecule has 2 N–H and O–H groups in total. The lowest BCUT2D eigenvalue weighted by Crippen LogP contribution is -2.31. The highest BCUT2D eigenvalue weighted by atomic mass is 16.2. The van der Waals surface area contributed by atoms with E-state index in [9.17, 15) is 4.79 Å². The van der Waals surface area contributed by atoms with Crippen LogP contribution in [0.4, 0.5) is 5.95 Å². The van der Waals surface area contributed by atoms with E-state index in [1.54, 1.807) is 4.52 Å². The molecule has 0 saturated heterocycles. The van der Waals surface area contributed by atoms with E-state index in [0.29, 0.717) is 12.0 Å². The van der Waals surface area contributed by atoms with Gasteiger partial charge in [0.1, 0.15) is 0 Å². The summed E-state index contributed by atoms with van der Waals surface area (Å²) in [4.78, 5) is 15.8. The Morgan fingerprint density at radius 3 is 3.11 bits per heavy atom. The number of aromatic nitrogens is 3. The summed E-state index contributed by atoms with van der Waals surface area (Å²) in [6, 6.07) is 4.27. The molecule has 1 aliphatic rings. The van der Waals surface area contributed by atoms with Crippen molar-refractivity contribution in [3.63, 3.8) is 0 Å². The number of pyridine rings is 1. The molecule has 0 spiro atoms. The van der Waals surface area contributed by atoms with Crippen LogP contribution in [-0.4, -0.2) is 33.1 Å². The van der Waals surface area contributed by atoms with E-state index in [-0.39, 0.29) is 12.5 Å². The molecule has 0 atom stereocenters. The summed E-state index contributed by atoms with van der Waals surface area (Å²) in [5.74, 6) is 0.471. The van der Waals surface area contributed by atoms with Gasteiger partial charge in [-0.05, 0) is 31.4 Å². The van der Waals surface area contributed by atoms with Crippen LogP contribution in [0.25, 0.3) is 5.65 Å². The molecule has 6 nitrogen and oxygen atoms in total. The first-order valence-electron chi connectivity index (χ1n) is 6.07. The molecule has 94 valence electrons. The van der Waals surface area contributed by atoms with E-state index < -0.39 is 0 Å². The number of carbonyl (C=O) groups is 1. The molecule has 1 amide bonds. The largest absolute Gasteiger partial charge is 0.352 e. The summed E-state index contributed by atoms with van der Waals surface area (Å²) < 4.78 is 1.70. The van der Waals surface area contributed by atoms with Gasteiger partial charge in [-0.15, -0.1) is 5.10 Å². The molecule has 0 unspecified atom stereocenters. The number of fused-ring (bicyclic) bond motifs is 1. The minimum atomic E-state index is -0.00691. The van der Waals surface area contributed by atoms with E-state index in [4.69, 9.17) is 0 Å². The SMILES string of the molecule is Cc1ccc2nc(NCC(=O)NC3CC3)nn2c1. The van der Waals surface area contributed by atoms with Crippen LogP contribution in [0.15, 0.2) is 18.3 Å². The molecule has 0 bridgehead atoms. The van der Waals surface area contributed by atoms with Crippen molar-refractivity contribution in [2.45, 2.75) is 25.8 Å². The zero-order chi connectivity index (χ0) is 12.5. The van der Waals surface area contributed by atoms with Crippen LogP contribution < -0.4 is 10.6 Å². The maximum atomic E-state index is 11.5. The summed E-state index contributed by atoms with van der Waals surface area (Å²) in [6.45, 7) is 2.21. The molecular weight excluding hydrogens is 230 g/mol. The van der Waals surface area contributed by atoms with Gasteiger partial charge in [-0.3, -0.25) is 4.79 Å². The molecule has 18 heavy (non-hydrogen) atoms. The topological polar surface area (TPSA) is 71.3 Å². The summed E-state index contributed by atoms with van der Waals surface area (Å²) in [5.41, 5.74) is 1.89. The second-order valence-electron chi connectivity index (χ2n) is 4.64. The summed E-state index contributed by atoms with van der Waals surface area (Å²) in [5, 5.41) is 10.1. The van der Waals surface area contributed by atoms with E-state index in [2.05, 4.69) is 20.7 Å². The van der Waals surface area contributed by atoms with Crippen molar-refractivity contribution in [3.8, 4) is 0 Å². The Morgan fingerprint density at radius 2 is 2.33 bits per heavy atom. The highest BCUT2D eigenvalue weighted by molar-refractivity contribution is 5.80. The molecule has 1 aliphatic carbocycles. The third kappa shape index (κ3) is 2.42. The number of carbonyl (C=O) groups excluding carboxylic acids is 1. The Labute approximate surface area is 104 Å². The van der Waals surface area contributed by atoms with Crippen molar-refractivity contribution in [2.24, 2.45) is 0 Å². The first-order valence-corrected chi connectivity index (χ1v) is 6.07. The van der Waals surface area contributed by atoms with Gasteiger partial charge >= 0.3 is 0 Å². The van der Waals surface area contributed by atoms with Gasteiger partial charge in [-0.1, -0.05) is 6.07 Å². The predicted molar refractivity (Wildman–Crippen MR) is 67.4 cm³/mol. The van der Waals surface area contributed by atoms with Crippen LogP contribution in [0.3, 0.4) is 0 Å². The Morgan fingerprint density at radius 1 is 1.50 bits per heavy atom. The van der Waals surface area contributed by atoms with Crippen LogP contribution >= 0.6 is 0 Å². The van der Waals surface area contributed by atoms with E-state index in [0.717, 1.165) is 24.1 Å². The molecule has 2 aromatic heterocycles. The van der Waals surface area contributed by atoms with Crippen molar-refractivity contribution < 1.29 is 4.79 Å². The van der Waals surface area contributed by atoms with Gasteiger partial charge in [-0.2, -0.15) is 4.98 Å². The zero-order valence-corrected chi connectivity index (χ0v) is 10.2. The second-order valence-corrected chi connectivity index (χ2v) is 4.64. The number of hydrogen-bond acceptors (Lipinski definition) is 4. The van der Waals surface area contributed by atoms with E-state index in [1.807, 2.05) is 25.3 Å². The zero-order valence-electron chi connectivity index (χ0n) is 10.2. The first kappa shape index (κ1) is 11.0. The molecule has 1 fully saturated rings. The minimum absolute atomic E-state index is 0.00691. The number of rotatable bonds is 4. The summed E-state index contributed by atoms with van der Waals surface area (Å²) >= 11 is 0. The normalized spacial score (nSPS) is 14.7. The average Bonchev–Trinajstić information content (AvgIpc) is 3.04. The smallest absolute Gasteiger partial charge is 0.243 e. The van der Waals surface area contributed by atoms with Crippen LogP contribution in [0.5, 0.6) is 0 Å². The van der Waals surface area contributed by atoms with Crippen molar-refractivity contribution >= 4 is 17.5 Å². The van der Waals surface area contributed by atoms with Crippen LogP contribution in [-0.2, 0) is 4.79 Å². The highest BCUT2D eigenvalue weighted by Crippen LogP contribution is 2.18. The molecule has 2 aromatic rings. The number of nitrogens with one attached hydrogen (secondary N) is 2. The van der Waals surface area contributed by atoms with Crippen LogP contribution in [0, 0.1) is 6.92 Å². The molecule has 0 radical (unpaired) electrons. The van der Waals surface area contributed by atoms with Gasteiger partial charge in [-0.25, -0.2) is 4.52 Å². The molecule has 6 heteroatoms. The summed E-state index contributed by atoms with van der Waals surface area (Å²) in [7, 11) is 0. The Balaban J connectivity index is 1.64. The Bertz CT molecular complexity index is 587. The van der Waals surface area contributed by atoms with Gasteiger partial charge in [0.15, 0.2) is 5.65 Å². The van der Waals surface area contributed by atoms with Crippen LogP contribution in [0.2, 0.25) is 0 Å². The number of amides is 1. The van der Waals surface area contributed by atoms with Crippen LogP contribution in [0.1, 0.15) is 18.4 Å². The van der Waals surface area contributed by atoms with Gasteiger partial charge in [0.05, 0.1) is 6.54 Å². The number of anilines is 1. The van der Waals surface area contributed by atoms with Gasteiger partial charge in [0.25, 0.3) is 0 Å². The predicted octanol–water partition coefficient (Wildman–Crippen LogP) is 0.728. The monoisotopic (exact) mass is 245 g/mol. The molecular formula is C12H15N5O. The Hall–Kier alpha value is -2.11. The minimum Gasteiger partial charge on any atom is -0.352 e. The number of aryl methyl sites for hydroxylation is 1. The molecule has 2 heterocycles. The third-order valence-electron chi connectivity index (χ3n) is 2.83. The van der Waals surface area contributed by atoms with Crippen molar-refractivity contribution in [1.82, 2.24) is 19.9 Å². The molecule has 3 rings (SSSR count). The fraction of sp³-hybridized carbons (Fsp3) is 0.417. The number of nitrogens with zero attached hydrogens (tertiary/aromatic N) is 3. The van der Waals surface area contributed by atoms with E-state index in [1.165, 1.54) is 0 Å². The lowest BCUT2D eigenvalue weighted by Gasteiger charge is -2.02. The fourth-order valence-electron chi connectivity index (χ4n) is 1.73. The van der Waals surface area contributed by atoms with E-state index >= 15 is 0 Å². The second kappa shape index (κ2) is 4.29. The van der Waals surface area contributed by atoms with Crippen molar-refractivity contribution in [2.75, 3.05) is 11.9 Å². The maximum Gasteiger partial charge on any atom is 0.243 e. The third-order valence-corrected chi connectivity index (χ3v) is 2.83. The van der Waals surface area contributed by atoms with Gasteiger partial charge in [0, 0.05) is 12.2 Å². The Kier molecular flexibility index (Phi) is 2.62. The summed E-state index contributed by atoms with van der Waals surface area (Å²) in [6.07, 6.45) is 4.09. The first-order chi connectivity index (χ1) is 8.70. The fourth-order valence-corrected chi connectivity index (χ4v) is 1.73. The number of hydrogen-bond donors (Lipinski definition) is 2. The molecule has 0 aliphatic heterocycles. The van der Waals surface area contributed by atoms with Gasteiger partial charge < -0.3 is 10.6 Å². The van der Waals surface area contributed by atoms with Crippen molar-refractivity contribution in [1.29, 1.82) is 0 Å². The van der Waals surface area contributed by atoms with Gasteiger partial charge in [0.2, 0.25) is 11.9 Å². The molecule has 0 aromatic carbocycles. The highest BCUT2D eigenvalue weighted by Gasteiger charge is 2.22. The average molecular weight is 245 g/mol. The lowest BCUT2D eigenvalue weighted by molar-refractivity contribution is -0.119. The standard InChI is InChI=1S/C12H15N5O/c1-8-2-5-10-15-12(16-17(10)7-8)13-6-11(18)14-9-3-4-9/h2,5,7,9H,3-4,6H2,1H3,(H,13,16)(H,14,18). The molecule has 1 saturated carbocycles. The quantitative estimate of drug-likeness (QED) is 0.833. The van der Waals surface area contributed by atoms with Crippen molar-refractivity contribution in [3.05, 3.63) is 23.9 Å². The maximum absolute atomic E-state index is 11.5.